The van der Waals surface area contributed by atoms with E-state index in [1.54, 1.807) is 0 Å². The van der Waals surface area contributed by atoms with Gasteiger partial charge in [0.05, 0.1) is 5.56 Å². The van der Waals surface area contributed by atoms with E-state index in [4.69, 9.17) is 5.73 Å². The van der Waals surface area contributed by atoms with E-state index in [0.717, 1.165) is 36.9 Å². The predicted molar refractivity (Wildman–Crippen MR) is 92.5 cm³/mol. The molecule has 2 aromatic rings. The summed E-state index contributed by atoms with van der Waals surface area (Å²) in [4.78, 5) is 16.9. The molecule has 4 heteroatoms. The van der Waals surface area contributed by atoms with Gasteiger partial charge in [-0.15, -0.1) is 0 Å². The molecule has 3 rings (SSSR count). The number of aryl methyl sites for hydroxylation is 3. The van der Waals surface area contributed by atoms with Crippen molar-refractivity contribution in [2.45, 2.75) is 45.6 Å². The van der Waals surface area contributed by atoms with Crippen molar-refractivity contribution in [1.82, 2.24) is 10.3 Å². The second-order valence-corrected chi connectivity index (χ2v) is 6.38. The van der Waals surface area contributed by atoms with Crippen LogP contribution < -0.4 is 11.1 Å². The highest BCUT2D eigenvalue weighted by Crippen LogP contribution is 2.22. The number of hydrogen-bond acceptors (Lipinski definition) is 3. The van der Waals surface area contributed by atoms with Crippen molar-refractivity contribution < 1.29 is 4.79 Å². The third kappa shape index (κ3) is 3.36. The van der Waals surface area contributed by atoms with Crippen LogP contribution in [-0.4, -0.2) is 16.9 Å². The zero-order valence-corrected chi connectivity index (χ0v) is 13.7. The number of amides is 1. The number of rotatable bonds is 2. The summed E-state index contributed by atoms with van der Waals surface area (Å²) < 4.78 is 0. The minimum absolute atomic E-state index is 0.114. The standard InChI is InChI=1S/C19H23N3O/c1-12-10-13(2)21-18(20)17(12)19(23)22-16-9-5-8-14-6-3-4-7-15(14)11-16/h3-4,6-7,10,16H,5,8-9,11H2,1-2H3,(H2,20,21)(H,22,23). The molecule has 0 spiro atoms. The highest BCUT2D eigenvalue weighted by Gasteiger charge is 2.21. The molecular weight excluding hydrogens is 286 g/mol. The maximum atomic E-state index is 12.7. The van der Waals surface area contributed by atoms with Gasteiger partial charge in [-0.2, -0.15) is 0 Å². The van der Waals surface area contributed by atoms with Gasteiger partial charge in [0.1, 0.15) is 5.82 Å². The van der Waals surface area contributed by atoms with Gasteiger partial charge in [0.25, 0.3) is 5.91 Å². The van der Waals surface area contributed by atoms with Crippen molar-refractivity contribution in [2.24, 2.45) is 0 Å². The lowest BCUT2D eigenvalue weighted by atomic mass is 10.0. The summed E-state index contributed by atoms with van der Waals surface area (Å²) in [6, 6.07) is 10.5. The molecule has 0 radical (unpaired) electrons. The Morgan fingerprint density at radius 2 is 2.00 bits per heavy atom. The fourth-order valence-electron chi connectivity index (χ4n) is 3.45. The number of carbonyl (C=O) groups excluding carboxylic acids is 1. The number of nitrogens with two attached hydrogens (primary N) is 1. The molecule has 1 aromatic heterocycles. The van der Waals surface area contributed by atoms with Crippen LogP contribution in [0.15, 0.2) is 30.3 Å². The van der Waals surface area contributed by atoms with E-state index in [-0.39, 0.29) is 11.9 Å². The lowest BCUT2D eigenvalue weighted by Gasteiger charge is -2.18. The van der Waals surface area contributed by atoms with E-state index < -0.39 is 0 Å². The van der Waals surface area contributed by atoms with Crippen LogP contribution in [0.3, 0.4) is 0 Å². The molecule has 1 heterocycles. The Balaban J connectivity index is 1.79. The predicted octanol–water partition coefficient (Wildman–Crippen LogP) is 2.96. The van der Waals surface area contributed by atoms with E-state index in [2.05, 4.69) is 34.6 Å². The van der Waals surface area contributed by atoms with Crippen LogP contribution in [0, 0.1) is 13.8 Å². The summed E-state index contributed by atoms with van der Waals surface area (Å²) in [6.45, 7) is 3.79. The summed E-state index contributed by atoms with van der Waals surface area (Å²) >= 11 is 0. The minimum atomic E-state index is -0.114. The first-order chi connectivity index (χ1) is 11.0. The molecular formula is C19H23N3O. The topological polar surface area (TPSA) is 68.0 Å². The van der Waals surface area contributed by atoms with Gasteiger partial charge < -0.3 is 11.1 Å². The van der Waals surface area contributed by atoms with Crippen LogP contribution in [-0.2, 0) is 12.8 Å². The Morgan fingerprint density at radius 3 is 2.74 bits per heavy atom. The van der Waals surface area contributed by atoms with Gasteiger partial charge in [-0.3, -0.25) is 4.79 Å². The van der Waals surface area contributed by atoms with Crippen LogP contribution in [0.2, 0.25) is 0 Å². The van der Waals surface area contributed by atoms with Crippen molar-refractivity contribution in [3.8, 4) is 0 Å². The van der Waals surface area contributed by atoms with Crippen LogP contribution in [0.1, 0.15) is 45.6 Å². The van der Waals surface area contributed by atoms with Crippen LogP contribution in [0.5, 0.6) is 0 Å². The van der Waals surface area contributed by atoms with Gasteiger partial charge in [-0.25, -0.2) is 4.98 Å². The molecule has 0 saturated heterocycles. The number of nitrogens with one attached hydrogen (secondary N) is 1. The molecule has 0 aliphatic heterocycles. The van der Waals surface area contributed by atoms with Crippen LogP contribution in [0.25, 0.3) is 0 Å². The lowest BCUT2D eigenvalue weighted by Crippen LogP contribution is -2.37. The van der Waals surface area contributed by atoms with E-state index in [9.17, 15) is 4.79 Å². The van der Waals surface area contributed by atoms with E-state index in [1.165, 1.54) is 11.1 Å². The highest BCUT2D eigenvalue weighted by atomic mass is 16.1. The maximum Gasteiger partial charge on any atom is 0.255 e. The van der Waals surface area contributed by atoms with E-state index in [0.29, 0.717) is 11.4 Å². The Hall–Kier alpha value is -2.36. The van der Waals surface area contributed by atoms with Crippen LogP contribution >= 0.6 is 0 Å². The fraction of sp³-hybridized carbons (Fsp3) is 0.368. The summed E-state index contributed by atoms with van der Waals surface area (Å²) in [7, 11) is 0. The first-order valence-corrected chi connectivity index (χ1v) is 8.16. The van der Waals surface area contributed by atoms with Crippen molar-refractivity contribution in [2.75, 3.05) is 5.73 Å². The largest absolute Gasteiger partial charge is 0.383 e. The number of pyridine rings is 1. The van der Waals surface area contributed by atoms with Crippen molar-refractivity contribution in [3.05, 3.63) is 58.3 Å². The zero-order chi connectivity index (χ0) is 16.4. The van der Waals surface area contributed by atoms with Gasteiger partial charge in [0.15, 0.2) is 0 Å². The minimum Gasteiger partial charge on any atom is -0.383 e. The Kier molecular flexibility index (Phi) is 4.33. The molecule has 0 fully saturated rings. The van der Waals surface area contributed by atoms with E-state index in [1.807, 2.05) is 19.9 Å². The second-order valence-electron chi connectivity index (χ2n) is 6.38. The van der Waals surface area contributed by atoms with Crippen molar-refractivity contribution in [1.29, 1.82) is 0 Å². The SMILES string of the molecule is Cc1cc(C)c(C(=O)NC2CCCc3ccccc3C2)c(N)n1. The summed E-state index contributed by atoms with van der Waals surface area (Å²) in [6.07, 6.45) is 4.02. The Labute approximate surface area is 137 Å². The number of carbonyl (C=O) groups is 1. The quantitative estimate of drug-likeness (QED) is 0.838. The normalized spacial score (nSPS) is 17.2. The van der Waals surface area contributed by atoms with Gasteiger partial charge in [-0.1, -0.05) is 24.3 Å². The molecule has 0 saturated carbocycles. The van der Waals surface area contributed by atoms with Crippen molar-refractivity contribution >= 4 is 11.7 Å². The van der Waals surface area contributed by atoms with Crippen LogP contribution in [0.4, 0.5) is 5.82 Å². The first-order valence-electron chi connectivity index (χ1n) is 8.16. The number of hydrogen-bond donors (Lipinski definition) is 2. The molecule has 120 valence electrons. The number of benzene rings is 1. The molecule has 1 amide bonds. The second kappa shape index (κ2) is 6.41. The molecule has 1 atom stereocenters. The monoisotopic (exact) mass is 309 g/mol. The smallest absolute Gasteiger partial charge is 0.255 e. The third-order valence-electron chi connectivity index (χ3n) is 4.52. The lowest BCUT2D eigenvalue weighted by molar-refractivity contribution is 0.0935. The first kappa shape index (κ1) is 15.5. The van der Waals surface area contributed by atoms with Gasteiger partial charge in [0, 0.05) is 11.7 Å². The van der Waals surface area contributed by atoms with Crippen molar-refractivity contribution in [3.63, 3.8) is 0 Å². The maximum absolute atomic E-state index is 12.7. The number of nitrogens with zero attached hydrogens (tertiary/aromatic N) is 1. The van der Waals surface area contributed by atoms with Gasteiger partial charge >= 0.3 is 0 Å². The highest BCUT2D eigenvalue weighted by molar-refractivity contribution is 6.00. The number of nitrogen functional groups attached to an aromatic ring is 1. The number of fused-ring (bicyclic) bond motifs is 1. The Morgan fingerprint density at radius 1 is 1.26 bits per heavy atom. The number of aromatic nitrogens is 1. The summed E-state index contributed by atoms with van der Waals surface area (Å²) in [5.74, 6) is 0.200. The zero-order valence-electron chi connectivity index (χ0n) is 13.7. The third-order valence-corrected chi connectivity index (χ3v) is 4.52. The number of anilines is 1. The summed E-state index contributed by atoms with van der Waals surface area (Å²) in [5, 5.41) is 3.16. The van der Waals surface area contributed by atoms with Gasteiger partial charge in [-0.05, 0) is 62.3 Å². The molecule has 0 bridgehead atoms. The molecule has 1 aromatic carbocycles. The van der Waals surface area contributed by atoms with Gasteiger partial charge in [0.2, 0.25) is 0 Å². The molecule has 23 heavy (non-hydrogen) atoms. The molecule has 4 nitrogen and oxygen atoms in total. The fourth-order valence-corrected chi connectivity index (χ4v) is 3.45. The average molecular weight is 309 g/mol. The summed E-state index contributed by atoms with van der Waals surface area (Å²) in [5.41, 5.74) is 10.9. The van der Waals surface area contributed by atoms with E-state index >= 15 is 0 Å². The average Bonchev–Trinajstić information content (AvgIpc) is 2.67. The molecule has 1 unspecified atom stereocenters. The molecule has 3 N–H and O–H groups in total. The Bertz CT molecular complexity index is 716. The molecule has 1 aliphatic carbocycles. The molecule has 1 aliphatic rings.